The largest absolute Gasteiger partial charge is 0.355 e. The summed E-state index contributed by atoms with van der Waals surface area (Å²) in [6.07, 6.45) is 10.2. The highest BCUT2D eigenvalue weighted by atomic mass is 32.2. The third-order valence-corrected chi connectivity index (χ3v) is 6.53. The summed E-state index contributed by atoms with van der Waals surface area (Å²) in [5.41, 5.74) is 1.91. The van der Waals surface area contributed by atoms with E-state index in [4.69, 9.17) is 0 Å². The van der Waals surface area contributed by atoms with Gasteiger partial charge in [0.1, 0.15) is 5.82 Å². The van der Waals surface area contributed by atoms with E-state index >= 15 is 0 Å². The lowest BCUT2D eigenvalue weighted by Crippen LogP contribution is -2.32. The van der Waals surface area contributed by atoms with Crippen LogP contribution >= 0.6 is 11.8 Å². The summed E-state index contributed by atoms with van der Waals surface area (Å²) in [4.78, 5) is 12.5. The average Bonchev–Trinajstić information content (AvgIpc) is 3.49. The van der Waals surface area contributed by atoms with Crippen LogP contribution in [0.4, 0.5) is 4.39 Å². The quantitative estimate of drug-likeness (QED) is 0.493. The molecule has 7 heteroatoms. The summed E-state index contributed by atoms with van der Waals surface area (Å²) in [6, 6.07) is 6.92. The summed E-state index contributed by atoms with van der Waals surface area (Å²) in [7, 11) is 0. The van der Waals surface area contributed by atoms with E-state index in [2.05, 4.69) is 21.6 Å². The van der Waals surface area contributed by atoms with Gasteiger partial charge in [-0.25, -0.2) is 4.39 Å². The van der Waals surface area contributed by atoms with Crippen LogP contribution in [-0.4, -0.2) is 32.5 Å². The molecular formula is C22H27FN4OS. The maximum absolute atomic E-state index is 14.3. The number of rotatable bonds is 8. The van der Waals surface area contributed by atoms with Crippen LogP contribution in [0.25, 0.3) is 11.4 Å². The van der Waals surface area contributed by atoms with E-state index in [-0.39, 0.29) is 23.0 Å². The number of amides is 1. The molecule has 1 amide bonds. The summed E-state index contributed by atoms with van der Waals surface area (Å²) >= 11 is 1.39. The first-order chi connectivity index (χ1) is 14.1. The molecule has 2 aliphatic rings. The van der Waals surface area contributed by atoms with Crippen molar-refractivity contribution in [1.29, 1.82) is 0 Å². The fourth-order valence-corrected chi connectivity index (χ4v) is 4.62. The Labute approximate surface area is 175 Å². The molecule has 1 saturated carbocycles. The first-order valence-corrected chi connectivity index (χ1v) is 11.3. The maximum atomic E-state index is 14.3. The number of halogens is 1. The zero-order chi connectivity index (χ0) is 20.2. The normalized spacial score (nSPS) is 17.7. The summed E-state index contributed by atoms with van der Waals surface area (Å²) < 4.78 is 16.3. The minimum Gasteiger partial charge on any atom is -0.355 e. The van der Waals surface area contributed by atoms with Gasteiger partial charge in [-0.2, -0.15) is 0 Å². The van der Waals surface area contributed by atoms with Crippen LogP contribution in [-0.2, 0) is 4.79 Å². The van der Waals surface area contributed by atoms with Gasteiger partial charge in [0.25, 0.3) is 0 Å². The van der Waals surface area contributed by atoms with Gasteiger partial charge >= 0.3 is 0 Å². The number of hydrogen-bond donors (Lipinski definition) is 1. The Bertz CT molecular complexity index is 906. The molecule has 0 aliphatic heterocycles. The molecule has 29 heavy (non-hydrogen) atoms. The van der Waals surface area contributed by atoms with Crippen molar-refractivity contribution >= 4 is 17.7 Å². The Hall–Kier alpha value is -2.15. The van der Waals surface area contributed by atoms with Crippen molar-refractivity contribution in [3.63, 3.8) is 0 Å². The lowest BCUT2D eigenvalue weighted by Gasteiger charge is -2.15. The molecule has 154 valence electrons. The lowest BCUT2D eigenvalue weighted by molar-refractivity contribution is -0.120. The predicted molar refractivity (Wildman–Crippen MR) is 113 cm³/mol. The molecular weight excluding hydrogens is 387 g/mol. The fraction of sp³-hybridized carbons (Fsp3) is 0.500. The van der Waals surface area contributed by atoms with Crippen LogP contribution in [0.2, 0.25) is 0 Å². The highest BCUT2D eigenvalue weighted by molar-refractivity contribution is 8.00. The van der Waals surface area contributed by atoms with Crippen molar-refractivity contribution in [2.45, 2.75) is 68.3 Å². The van der Waals surface area contributed by atoms with Gasteiger partial charge < -0.3 is 5.32 Å². The van der Waals surface area contributed by atoms with E-state index in [0.29, 0.717) is 23.1 Å². The number of nitrogens with one attached hydrogen (secondary N) is 1. The first-order valence-electron chi connectivity index (χ1n) is 10.5. The third kappa shape index (κ3) is 4.89. The molecule has 2 aliphatic carbocycles. The van der Waals surface area contributed by atoms with E-state index in [1.54, 1.807) is 18.2 Å². The number of nitrogens with zero attached hydrogens (tertiary/aromatic N) is 3. The van der Waals surface area contributed by atoms with Crippen molar-refractivity contribution < 1.29 is 9.18 Å². The van der Waals surface area contributed by atoms with Crippen LogP contribution in [0.15, 0.2) is 41.1 Å². The Balaban J connectivity index is 1.40. The minimum atomic E-state index is -0.304. The van der Waals surface area contributed by atoms with Gasteiger partial charge in [0.2, 0.25) is 5.91 Å². The minimum absolute atomic E-state index is 0.00389. The highest BCUT2D eigenvalue weighted by Crippen LogP contribution is 2.42. The van der Waals surface area contributed by atoms with Crippen LogP contribution in [0, 0.1) is 5.82 Å². The van der Waals surface area contributed by atoms with E-state index in [1.165, 1.54) is 36.2 Å². The van der Waals surface area contributed by atoms with Crippen LogP contribution in [0.3, 0.4) is 0 Å². The average molecular weight is 415 g/mol. The molecule has 1 N–H and O–H groups in total. The SMILES string of the molecule is C[C@H](Sc1nnc(-c2ccccc2F)n1C1CC1)C(=O)NCCC1=CCCCC1. The van der Waals surface area contributed by atoms with Gasteiger partial charge in [-0.3, -0.25) is 9.36 Å². The van der Waals surface area contributed by atoms with Gasteiger partial charge in [0.15, 0.2) is 11.0 Å². The maximum Gasteiger partial charge on any atom is 0.233 e. The highest BCUT2D eigenvalue weighted by Gasteiger charge is 2.32. The number of hydrogen-bond acceptors (Lipinski definition) is 4. The van der Waals surface area contributed by atoms with Gasteiger partial charge in [-0.1, -0.05) is 35.5 Å². The van der Waals surface area contributed by atoms with E-state index in [1.807, 2.05) is 11.5 Å². The predicted octanol–water partition coefficient (Wildman–Crippen LogP) is 4.91. The zero-order valence-corrected chi connectivity index (χ0v) is 17.6. The number of carbonyl (C=O) groups is 1. The first kappa shape index (κ1) is 20.1. The monoisotopic (exact) mass is 414 g/mol. The van der Waals surface area contributed by atoms with Crippen molar-refractivity contribution in [2.24, 2.45) is 0 Å². The van der Waals surface area contributed by atoms with Gasteiger partial charge in [-0.15, -0.1) is 10.2 Å². The zero-order valence-electron chi connectivity index (χ0n) is 16.7. The molecule has 0 spiro atoms. The van der Waals surface area contributed by atoms with E-state index < -0.39 is 0 Å². The second kappa shape index (κ2) is 9.11. The molecule has 0 radical (unpaired) electrons. The van der Waals surface area contributed by atoms with E-state index in [0.717, 1.165) is 32.1 Å². The van der Waals surface area contributed by atoms with Crippen molar-refractivity contribution in [2.75, 3.05) is 6.54 Å². The number of benzene rings is 1. The fourth-order valence-electron chi connectivity index (χ4n) is 3.68. The molecule has 1 aromatic carbocycles. The van der Waals surface area contributed by atoms with Crippen molar-refractivity contribution in [3.05, 3.63) is 41.7 Å². The lowest BCUT2D eigenvalue weighted by atomic mass is 9.97. The molecule has 1 fully saturated rings. The van der Waals surface area contributed by atoms with Crippen LogP contribution in [0.5, 0.6) is 0 Å². The Morgan fingerprint density at radius 1 is 1.31 bits per heavy atom. The molecule has 4 rings (SSSR count). The standard InChI is InChI=1S/C22H27FN4OS/c1-15(21(28)24-14-13-16-7-3-2-4-8-16)29-22-26-25-20(27(22)17-11-12-17)18-9-5-6-10-19(18)23/h5-7,9-10,15,17H,2-4,8,11-14H2,1H3,(H,24,28)/t15-/m0/s1. The molecule has 5 nitrogen and oxygen atoms in total. The number of thioether (sulfide) groups is 1. The van der Waals surface area contributed by atoms with Crippen molar-refractivity contribution in [1.82, 2.24) is 20.1 Å². The van der Waals surface area contributed by atoms with Gasteiger partial charge in [-0.05, 0) is 64.0 Å². The number of carbonyl (C=O) groups excluding carboxylic acids is 1. The number of aromatic nitrogens is 3. The Morgan fingerprint density at radius 3 is 2.86 bits per heavy atom. The van der Waals surface area contributed by atoms with Crippen LogP contribution in [0.1, 0.15) is 57.9 Å². The smallest absolute Gasteiger partial charge is 0.233 e. The van der Waals surface area contributed by atoms with Gasteiger partial charge in [0, 0.05) is 12.6 Å². The molecule has 0 bridgehead atoms. The summed E-state index contributed by atoms with van der Waals surface area (Å²) in [5.74, 6) is 0.246. The molecule has 2 aromatic rings. The summed E-state index contributed by atoms with van der Waals surface area (Å²) in [5, 5.41) is 12.0. The molecule has 0 saturated heterocycles. The molecule has 1 heterocycles. The third-order valence-electron chi connectivity index (χ3n) is 5.47. The topological polar surface area (TPSA) is 59.8 Å². The summed E-state index contributed by atoms with van der Waals surface area (Å²) in [6.45, 7) is 2.56. The molecule has 1 atom stereocenters. The van der Waals surface area contributed by atoms with Crippen LogP contribution < -0.4 is 5.32 Å². The van der Waals surface area contributed by atoms with Crippen molar-refractivity contribution in [3.8, 4) is 11.4 Å². The molecule has 1 aromatic heterocycles. The second-order valence-corrected chi connectivity index (χ2v) is 9.10. The number of allylic oxidation sites excluding steroid dienone is 1. The Kier molecular flexibility index (Phi) is 6.33. The van der Waals surface area contributed by atoms with Gasteiger partial charge in [0.05, 0.1) is 10.8 Å². The Morgan fingerprint density at radius 2 is 2.14 bits per heavy atom. The molecule has 0 unspecified atom stereocenters. The second-order valence-electron chi connectivity index (χ2n) is 7.80. The van der Waals surface area contributed by atoms with E-state index in [9.17, 15) is 9.18 Å².